The summed E-state index contributed by atoms with van der Waals surface area (Å²) in [7, 11) is 0. The Morgan fingerprint density at radius 2 is 1.72 bits per heavy atom. The van der Waals surface area contributed by atoms with Crippen molar-refractivity contribution in [3.63, 3.8) is 0 Å². The van der Waals surface area contributed by atoms with Crippen LogP contribution in [0.3, 0.4) is 0 Å². The highest BCUT2D eigenvalue weighted by molar-refractivity contribution is 5.32. The number of piperazine rings is 1. The summed E-state index contributed by atoms with van der Waals surface area (Å²) in [6.45, 7) is 11.9. The molecule has 1 N–H and O–H groups in total. The quantitative estimate of drug-likeness (QED) is 0.882. The first-order valence-corrected chi connectivity index (χ1v) is 9.25. The summed E-state index contributed by atoms with van der Waals surface area (Å²) in [6, 6.07) is 19.4. The van der Waals surface area contributed by atoms with Crippen LogP contribution in [0.2, 0.25) is 0 Å². The topological polar surface area (TPSA) is 24.5 Å². The van der Waals surface area contributed by atoms with Crippen molar-refractivity contribution in [2.45, 2.75) is 33.4 Å². The molecule has 3 rings (SSSR count). The van der Waals surface area contributed by atoms with Crippen LogP contribution in [-0.4, -0.2) is 31.1 Å². The van der Waals surface area contributed by atoms with Gasteiger partial charge in [0.1, 0.15) is 12.4 Å². The molecular formula is C22H30N2O. The third kappa shape index (κ3) is 4.83. The van der Waals surface area contributed by atoms with Crippen LogP contribution in [0.5, 0.6) is 5.75 Å². The molecule has 1 saturated heterocycles. The first-order valence-electron chi connectivity index (χ1n) is 9.25. The van der Waals surface area contributed by atoms with Gasteiger partial charge in [0.15, 0.2) is 0 Å². The van der Waals surface area contributed by atoms with E-state index in [1.54, 1.807) is 0 Å². The van der Waals surface area contributed by atoms with Crippen molar-refractivity contribution in [3.05, 3.63) is 65.7 Å². The van der Waals surface area contributed by atoms with E-state index in [0.717, 1.165) is 31.9 Å². The molecule has 134 valence electrons. The summed E-state index contributed by atoms with van der Waals surface area (Å²) in [4.78, 5) is 2.60. The zero-order valence-corrected chi connectivity index (χ0v) is 15.7. The molecule has 25 heavy (non-hydrogen) atoms. The lowest BCUT2D eigenvalue weighted by atomic mass is 9.81. The van der Waals surface area contributed by atoms with Crippen LogP contribution in [0.1, 0.15) is 37.9 Å². The molecule has 3 heteroatoms. The fourth-order valence-corrected chi connectivity index (χ4v) is 3.71. The fourth-order valence-electron chi connectivity index (χ4n) is 3.71. The van der Waals surface area contributed by atoms with Crippen LogP contribution in [0.25, 0.3) is 0 Å². The molecule has 0 saturated carbocycles. The average Bonchev–Trinajstić information content (AvgIpc) is 2.61. The fraction of sp³-hybridized carbons (Fsp3) is 0.455. The van der Waals surface area contributed by atoms with E-state index in [9.17, 15) is 0 Å². The van der Waals surface area contributed by atoms with Crippen molar-refractivity contribution in [2.24, 2.45) is 5.41 Å². The number of nitrogens with zero attached hydrogens (tertiary/aromatic N) is 1. The van der Waals surface area contributed by atoms with Gasteiger partial charge in [-0.3, -0.25) is 4.90 Å². The predicted molar refractivity (Wildman–Crippen MR) is 104 cm³/mol. The highest BCUT2D eigenvalue weighted by Crippen LogP contribution is 2.39. The maximum Gasteiger partial charge on any atom is 0.120 e. The highest BCUT2D eigenvalue weighted by Gasteiger charge is 2.32. The molecule has 0 radical (unpaired) electrons. The lowest BCUT2D eigenvalue weighted by molar-refractivity contribution is 0.0860. The Hall–Kier alpha value is -1.84. The Bertz CT molecular complexity index is 657. The summed E-state index contributed by atoms with van der Waals surface area (Å²) < 4.78 is 6.05. The van der Waals surface area contributed by atoms with E-state index in [-0.39, 0.29) is 5.41 Å². The number of nitrogens with one attached hydrogen (secondary N) is 1. The lowest BCUT2D eigenvalue weighted by Crippen LogP contribution is -2.48. The standard InChI is InChI=1S/C22H30N2O/c1-22(2,3)21(24-14-12-23-13-15-24)19-10-7-11-20(16-19)25-17-18-8-5-4-6-9-18/h4-11,16,21,23H,12-15,17H2,1-3H3/t21-/m0/s1. The smallest absolute Gasteiger partial charge is 0.120 e. The van der Waals surface area contributed by atoms with E-state index in [1.165, 1.54) is 11.1 Å². The molecule has 2 aromatic carbocycles. The van der Waals surface area contributed by atoms with Crippen LogP contribution in [-0.2, 0) is 6.61 Å². The molecule has 1 aliphatic rings. The van der Waals surface area contributed by atoms with Gasteiger partial charge in [-0.25, -0.2) is 0 Å². The summed E-state index contributed by atoms with van der Waals surface area (Å²) in [6.07, 6.45) is 0. The Morgan fingerprint density at radius 3 is 2.40 bits per heavy atom. The van der Waals surface area contributed by atoms with Crippen LogP contribution in [0, 0.1) is 5.41 Å². The van der Waals surface area contributed by atoms with Gasteiger partial charge >= 0.3 is 0 Å². The second-order valence-corrected chi connectivity index (χ2v) is 7.90. The van der Waals surface area contributed by atoms with Crippen molar-refractivity contribution in [1.29, 1.82) is 0 Å². The third-order valence-corrected chi connectivity index (χ3v) is 4.76. The van der Waals surface area contributed by atoms with Crippen molar-refractivity contribution >= 4 is 0 Å². The molecule has 1 heterocycles. The van der Waals surface area contributed by atoms with Gasteiger partial charge in [0, 0.05) is 32.2 Å². The monoisotopic (exact) mass is 338 g/mol. The molecule has 2 aromatic rings. The normalized spacial score (nSPS) is 17.2. The zero-order valence-electron chi connectivity index (χ0n) is 15.7. The molecular weight excluding hydrogens is 308 g/mol. The van der Waals surface area contributed by atoms with Crippen LogP contribution in [0.4, 0.5) is 0 Å². The van der Waals surface area contributed by atoms with Crippen molar-refractivity contribution in [2.75, 3.05) is 26.2 Å². The Labute approximate surface area is 152 Å². The first-order chi connectivity index (χ1) is 12.0. The lowest BCUT2D eigenvalue weighted by Gasteiger charge is -2.42. The Morgan fingerprint density at radius 1 is 1.00 bits per heavy atom. The summed E-state index contributed by atoms with van der Waals surface area (Å²) in [5.41, 5.74) is 2.72. The van der Waals surface area contributed by atoms with Crippen molar-refractivity contribution in [1.82, 2.24) is 10.2 Å². The van der Waals surface area contributed by atoms with Crippen LogP contribution < -0.4 is 10.1 Å². The van der Waals surface area contributed by atoms with Gasteiger partial charge in [0.05, 0.1) is 0 Å². The molecule has 0 spiro atoms. The van der Waals surface area contributed by atoms with Crippen LogP contribution in [0.15, 0.2) is 54.6 Å². The minimum absolute atomic E-state index is 0.176. The molecule has 0 amide bonds. The summed E-state index contributed by atoms with van der Waals surface area (Å²) in [5, 5.41) is 3.46. The van der Waals surface area contributed by atoms with Gasteiger partial charge in [-0.1, -0.05) is 63.2 Å². The molecule has 0 unspecified atom stereocenters. The molecule has 1 aliphatic heterocycles. The second kappa shape index (κ2) is 8.03. The summed E-state index contributed by atoms with van der Waals surface area (Å²) >= 11 is 0. The van der Waals surface area contributed by atoms with Gasteiger partial charge in [0.2, 0.25) is 0 Å². The third-order valence-electron chi connectivity index (χ3n) is 4.76. The Balaban J connectivity index is 1.77. The van der Waals surface area contributed by atoms with Crippen molar-refractivity contribution < 1.29 is 4.74 Å². The first kappa shape index (κ1) is 18.0. The molecule has 0 aliphatic carbocycles. The van der Waals surface area contributed by atoms with Gasteiger partial charge in [-0.15, -0.1) is 0 Å². The minimum atomic E-state index is 0.176. The van der Waals surface area contributed by atoms with Gasteiger partial charge < -0.3 is 10.1 Å². The van der Waals surface area contributed by atoms with E-state index < -0.39 is 0 Å². The SMILES string of the molecule is CC(C)(C)[C@H](c1cccc(OCc2ccccc2)c1)N1CCNCC1. The number of hydrogen-bond donors (Lipinski definition) is 1. The van der Waals surface area contributed by atoms with E-state index in [0.29, 0.717) is 12.6 Å². The predicted octanol–water partition coefficient (Wildman–Crippen LogP) is 4.26. The number of hydrogen-bond acceptors (Lipinski definition) is 3. The van der Waals surface area contributed by atoms with Crippen LogP contribution >= 0.6 is 0 Å². The van der Waals surface area contributed by atoms with E-state index >= 15 is 0 Å². The van der Waals surface area contributed by atoms with Gasteiger partial charge in [-0.2, -0.15) is 0 Å². The minimum Gasteiger partial charge on any atom is -0.489 e. The van der Waals surface area contributed by atoms with E-state index in [2.05, 4.69) is 79.5 Å². The zero-order chi connectivity index (χ0) is 17.7. The molecule has 0 aromatic heterocycles. The van der Waals surface area contributed by atoms with Crippen molar-refractivity contribution in [3.8, 4) is 5.75 Å². The molecule has 1 atom stereocenters. The Kier molecular flexibility index (Phi) is 5.77. The molecule has 0 bridgehead atoms. The maximum atomic E-state index is 6.05. The highest BCUT2D eigenvalue weighted by atomic mass is 16.5. The van der Waals surface area contributed by atoms with Gasteiger partial charge in [0.25, 0.3) is 0 Å². The molecule has 1 fully saturated rings. The second-order valence-electron chi connectivity index (χ2n) is 7.90. The van der Waals surface area contributed by atoms with Gasteiger partial charge in [-0.05, 0) is 28.7 Å². The largest absolute Gasteiger partial charge is 0.489 e. The number of ether oxygens (including phenoxy) is 1. The van der Waals surface area contributed by atoms with E-state index in [4.69, 9.17) is 4.74 Å². The van der Waals surface area contributed by atoms with E-state index in [1.807, 2.05) is 6.07 Å². The molecule has 3 nitrogen and oxygen atoms in total. The number of rotatable bonds is 5. The maximum absolute atomic E-state index is 6.05. The summed E-state index contributed by atoms with van der Waals surface area (Å²) in [5.74, 6) is 0.950. The average molecular weight is 338 g/mol. The number of benzene rings is 2.